The fourth-order valence-corrected chi connectivity index (χ4v) is 7.25. The van der Waals surface area contributed by atoms with E-state index in [2.05, 4.69) is 26.8 Å². The molecule has 2 aliphatic rings. The summed E-state index contributed by atoms with van der Waals surface area (Å²) in [7, 11) is 1.75. The summed E-state index contributed by atoms with van der Waals surface area (Å²) in [6.45, 7) is 4.43. The van der Waals surface area contributed by atoms with Crippen LogP contribution >= 0.6 is 11.9 Å². The van der Waals surface area contributed by atoms with Crippen LogP contribution < -0.4 is 36.5 Å². The summed E-state index contributed by atoms with van der Waals surface area (Å²) in [5, 5.41) is 3.86. The van der Waals surface area contributed by atoms with Crippen molar-refractivity contribution >= 4 is 34.4 Å². The maximum atomic E-state index is 12.8. The van der Waals surface area contributed by atoms with Gasteiger partial charge in [0, 0.05) is 72.6 Å². The van der Waals surface area contributed by atoms with E-state index in [0.717, 1.165) is 79.6 Å². The molecule has 0 radical (unpaired) electrons. The van der Waals surface area contributed by atoms with Gasteiger partial charge in [0.15, 0.2) is 0 Å². The van der Waals surface area contributed by atoms with Crippen molar-refractivity contribution in [2.24, 2.45) is 18.5 Å². The predicted octanol–water partition coefficient (Wildman–Crippen LogP) is 6.36. The zero-order valence-corrected chi connectivity index (χ0v) is 31.4. The Balaban J connectivity index is 1.00. The van der Waals surface area contributed by atoms with Gasteiger partial charge in [-0.2, -0.15) is 0 Å². The molecule has 282 valence electrons. The molecule has 4 aromatic rings. The zero-order chi connectivity index (χ0) is 37.2. The number of carbonyl (C=O) groups is 1. The smallest absolute Gasteiger partial charge is 0.274 e. The maximum Gasteiger partial charge on any atom is 0.274 e. The number of anilines is 1. The lowest BCUT2D eigenvalue weighted by atomic mass is 9.95. The molecule has 0 bridgehead atoms. The Labute approximate surface area is 315 Å². The highest BCUT2D eigenvalue weighted by Gasteiger charge is 2.21. The summed E-state index contributed by atoms with van der Waals surface area (Å²) in [6.07, 6.45) is 14.3. The van der Waals surface area contributed by atoms with E-state index in [1.165, 1.54) is 6.42 Å². The largest absolute Gasteiger partial charge is 0.491 e. The van der Waals surface area contributed by atoms with Crippen LogP contribution in [0, 0.1) is 0 Å². The number of amides is 1. The number of aromatic amines is 1. The number of piperidine rings is 1. The minimum atomic E-state index is -0.232. The van der Waals surface area contributed by atoms with Crippen LogP contribution in [0.1, 0.15) is 51.9 Å². The van der Waals surface area contributed by atoms with Crippen LogP contribution in [-0.2, 0) is 16.6 Å². The quantitative estimate of drug-likeness (QED) is 0.0402. The fraction of sp³-hybridized carbons (Fsp3) is 0.400. The van der Waals surface area contributed by atoms with E-state index in [1.54, 1.807) is 41.9 Å². The second-order valence-corrected chi connectivity index (χ2v) is 14.5. The molecule has 13 heteroatoms. The number of rotatable bonds is 15. The molecule has 2 aromatic heterocycles. The average molecular weight is 742 g/mol. The Kier molecular flexibility index (Phi) is 12.9. The number of nitrogens with one attached hydrogen (secondary N) is 3. The van der Waals surface area contributed by atoms with Gasteiger partial charge in [-0.15, -0.1) is 0 Å². The first-order valence-corrected chi connectivity index (χ1v) is 19.5. The van der Waals surface area contributed by atoms with Gasteiger partial charge in [-0.05, 0) is 74.2 Å². The molecular formula is C40H51N7O5S. The van der Waals surface area contributed by atoms with E-state index in [1.807, 2.05) is 54.7 Å². The molecule has 0 atom stereocenters. The molecule has 2 fully saturated rings. The Hall–Kier alpha value is -5.01. The number of hydrogen-bond acceptors (Lipinski definition) is 10. The van der Waals surface area contributed by atoms with Crippen LogP contribution in [-0.4, -0.2) is 64.6 Å². The molecule has 2 aromatic carbocycles. The van der Waals surface area contributed by atoms with Crippen molar-refractivity contribution < 1.29 is 19.0 Å². The number of nitrogens with zero attached hydrogens (tertiary/aromatic N) is 2. The number of hydrogen-bond donors (Lipinski definition) is 5. The topological polar surface area (TPSA) is 162 Å². The van der Waals surface area contributed by atoms with Crippen LogP contribution in [0.5, 0.6) is 17.2 Å². The lowest BCUT2D eigenvalue weighted by Gasteiger charge is -2.33. The number of ether oxygens (including phenoxy) is 3. The number of aryl methyl sites for hydroxylation is 1. The molecule has 1 aliphatic heterocycles. The third-order valence-electron chi connectivity index (χ3n) is 9.68. The van der Waals surface area contributed by atoms with Gasteiger partial charge >= 0.3 is 0 Å². The third-order valence-corrected chi connectivity index (χ3v) is 10.3. The summed E-state index contributed by atoms with van der Waals surface area (Å²) < 4.78 is 23.6. The number of aromatic nitrogens is 2. The molecule has 1 aliphatic carbocycles. The molecule has 1 saturated carbocycles. The maximum absolute atomic E-state index is 12.8. The molecular weight excluding hydrogens is 691 g/mol. The monoisotopic (exact) mass is 741 g/mol. The van der Waals surface area contributed by atoms with Crippen LogP contribution in [0.4, 0.5) is 5.69 Å². The minimum Gasteiger partial charge on any atom is -0.491 e. The van der Waals surface area contributed by atoms with Gasteiger partial charge in [-0.1, -0.05) is 44.2 Å². The van der Waals surface area contributed by atoms with Crippen molar-refractivity contribution in [1.82, 2.24) is 19.8 Å². The summed E-state index contributed by atoms with van der Waals surface area (Å²) in [6, 6.07) is 15.6. The number of H-pyrrole nitrogens is 1. The van der Waals surface area contributed by atoms with E-state index in [-0.39, 0.29) is 29.3 Å². The highest BCUT2D eigenvalue weighted by atomic mass is 32.2. The van der Waals surface area contributed by atoms with Gasteiger partial charge in [0.2, 0.25) is 0 Å². The van der Waals surface area contributed by atoms with E-state index in [0.29, 0.717) is 41.8 Å². The number of fused-ring (bicyclic) bond motifs is 1. The molecule has 1 amide bonds. The Morgan fingerprint density at radius 1 is 0.981 bits per heavy atom. The highest BCUT2D eigenvalue weighted by Crippen LogP contribution is 2.39. The predicted molar refractivity (Wildman–Crippen MR) is 213 cm³/mol. The van der Waals surface area contributed by atoms with Gasteiger partial charge < -0.3 is 50.2 Å². The second-order valence-electron chi connectivity index (χ2n) is 13.5. The summed E-state index contributed by atoms with van der Waals surface area (Å²) in [4.78, 5) is 30.4. The molecule has 1 saturated heterocycles. The molecule has 7 N–H and O–H groups in total. The number of carbonyl (C=O) groups excluding carboxylic acids is 1. The average Bonchev–Trinajstić information content (AvgIpc) is 3.68. The molecule has 0 unspecified atom stereocenters. The molecule has 3 heterocycles. The Morgan fingerprint density at radius 2 is 1.77 bits per heavy atom. The summed E-state index contributed by atoms with van der Waals surface area (Å²) in [5.74, 6) is 3.22. The van der Waals surface area contributed by atoms with Crippen LogP contribution in [0.2, 0.25) is 0 Å². The van der Waals surface area contributed by atoms with E-state index < -0.39 is 0 Å². The Morgan fingerprint density at radius 3 is 2.57 bits per heavy atom. The first-order valence-electron chi connectivity index (χ1n) is 18.5. The fourth-order valence-electron chi connectivity index (χ4n) is 6.81. The number of nitrogens with two attached hydrogens (primary N) is 2. The van der Waals surface area contributed by atoms with Crippen LogP contribution in [0.15, 0.2) is 89.4 Å². The summed E-state index contributed by atoms with van der Waals surface area (Å²) in [5.41, 5.74) is 15.7. The van der Waals surface area contributed by atoms with Crippen molar-refractivity contribution in [2.45, 2.75) is 64.0 Å². The SMILES string of the molecule is CCSNc1ccc(Oc2cccc(OCCOC3CCN(/C(N)=C/C=C(\N)C(=O)NC4CCCCC4)CC3)c2)c(-c2cn(C)c(=O)c3[nH]ccc23)c1. The summed E-state index contributed by atoms with van der Waals surface area (Å²) >= 11 is 1.61. The zero-order valence-electron chi connectivity index (χ0n) is 30.6. The Bertz CT molecular complexity index is 1980. The first kappa shape index (κ1) is 37.7. The van der Waals surface area contributed by atoms with Crippen LogP contribution in [0.3, 0.4) is 0 Å². The number of likely N-dealkylation sites (tertiary alicyclic amines) is 1. The van der Waals surface area contributed by atoms with Crippen molar-refractivity contribution in [3.63, 3.8) is 0 Å². The van der Waals surface area contributed by atoms with E-state index in [4.69, 9.17) is 25.7 Å². The first-order chi connectivity index (χ1) is 25.8. The van der Waals surface area contributed by atoms with Gasteiger partial charge in [0.25, 0.3) is 11.5 Å². The molecule has 53 heavy (non-hydrogen) atoms. The second kappa shape index (κ2) is 18.2. The van der Waals surface area contributed by atoms with Crippen molar-refractivity contribution in [1.29, 1.82) is 0 Å². The lowest BCUT2D eigenvalue weighted by molar-refractivity contribution is -0.118. The number of pyridine rings is 1. The van der Waals surface area contributed by atoms with Crippen LogP contribution in [0.25, 0.3) is 22.0 Å². The molecule has 0 spiro atoms. The van der Waals surface area contributed by atoms with Crippen molar-refractivity contribution in [2.75, 3.05) is 36.8 Å². The molecule has 12 nitrogen and oxygen atoms in total. The lowest BCUT2D eigenvalue weighted by Crippen LogP contribution is -2.39. The third kappa shape index (κ3) is 9.91. The minimum absolute atomic E-state index is 0.0878. The van der Waals surface area contributed by atoms with Crippen molar-refractivity contribution in [3.8, 4) is 28.4 Å². The number of benzene rings is 2. The molecule has 6 rings (SSSR count). The van der Waals surface area contributed by atoms with E-state index >= 15 is 0 Å². The normalized spacial score (nSPS) is 16.2. The van der Waals surface area contributed by atoms with E-state index in [9.17, 15) is 9.59 Å². The van der Waals surface area contributed by atoms with Gasteiger partial charge in [0.05, 0.1) is 24.2 Å². The van der Waals surface area contributed by atoms with Crippen molar-refractivity contribution in [3.05, 3.63) is 94.9 Å². The highest BCUT2D eigenvalue weighted by molar-refractivity contribution is 8.00. The standard InChI is InChI=1S/C40H51N7O5S/c1-3-53-45-28-12-14-36(33(24-28)34-26-46(2)40(49)38-32(34)16-19-43-38)52-31-11-7-10-30(25-31)51-23-22-50-29-17-20-47(21-18-29)37(42)15-13-35(41)39(48)44-27-8-5-4-6-9-27/h7,10-16,19,24-27,29,43,45H,3-6,8-9,17-18,20-23,41-42H2,1-2H3,(H,44,48)/b35-13-,37-15+. The van der Waals surface area contributed by atoms with Gasteiger partial charge in [-0.3, -0.25) is 9.59 Å². The van der Waals surface area contributed by atoms with Gasteiger partial charge in [-0.25, -0.2) is 0 Å². The van der Waals surface area contributed by atoms with Gasteiger partial charge in [0.1, 0.15) is 29.4 Å². The number of allylic oxidation sites excluding steroid dienone is 2.